The van der Waals surface area contributed by atoms with Crippen molar-refractivity contribution < 1.29 is 4.74 Å². The van der Waals surface area contributed by atoms with Crippen molar-refractivity contribution in [3.8, 4) is 0 Å². The molecule has 0 radical (unpaired) electrons. The minimum Gasteiger partial charge on any atom is -0.385 e. The van der Waals surface area contributed by atoms with Gasteiger partial charge in [-0.05, 0) is 30.4 Å². The van der Waals surface area contributed by atoms with Crippen LogP contribution >= 0.6 is 0 Å². The predicted molar refractivity (Wildman–Crippen MR) is 67.3 cm³/mol. The Hall–Kier alpha value is -1.23. The quantitative estimate of drug-likeness (QED) is 0.517. The number of nitrogens with zero attached hydrogens (tertiary/aromatic N) is 3. The molecule has 1 aromatic heterocycles. The van der Waals surface area contributed by atoms with Crippen LogP contribution in [0.3, 0.4) is 0 Å². The largest absolute Gasteiger partial charge is 0.385 e. The van der Waals surface area contributed by atoms with Gasteiger partial charge in [0.25, 0.3) is 0 Å². The fraction of sp³-hybridized carbons (Fsp3) is 0.750. The molecule has 0 aliphatic heterocycles. The highest BCUT2D eigenvalue weighted by atomic mass is 16.5. The Labute approximate surface area is 102 Å². The molecule has 0 aliphatic rings. The first-order valence-corrected chi connectivity index (χ1v) is 6.06. The Kier molecular flexibility index (Phi) is 5.83. The topological polar surface area (TPSA) is 56.5 Å². The zero-order valence-electron chi connectivity index (χ0n) is 10.8. The molecule has 0 N–H and O–H groups in total. The van der Waals surface area contributed by atoms with Crippen LogP contribution in [0, 0.1) is 10.8 Å². The van der Waals surface area contributed by atoms with Crippen LogP contribution in [0.1, 0.15) is 32.4 Å². The van der Waals surface area contributed by atoms with Gasteiger partial charge < -0.3 is 4.74 Å². The van der Waals surface area contributed by atoms with Crippen LogP contribution in [0.5, 0.6) is 0 Å². The predicted octanol–water partition coefficient (Wildman–Crippen LogP) is 2.91. The summed E-state index contributed by atoms with van der Waals surface area (Å²) >= 11 is 0. The molecule has 1 rings (SSSR count). The molecule has 5 nitrogen and oxygen atoms in total. The molecule has 0 unspecified atom stereocenters. The van der Waals surface area contributed by atoms with Crippen LogP contribution in [-0.2, 0) is 17.7 Å². The van der Waals surface area contributed by atoms with Crippen molar-refractivity contribution in [2.24, 2.45) is 11.1 Å². The molecule has 0 aromatic carbocycles. The van der Waals surface area contributed by atoms with Gasteiger partial charge in [0.15, 0.2) is 0 Å². The maximum absolute atomic E-state index is 10.7. The molecule has 5 heteroatoms. The summed E-state index contributed by atoms with van der Waals surface area (Å²) in [4.78, 5) is 10.7. The molecule has 0 saturated heterocycles. The minimum absolute atomic E-state index is 0.475. The van der Waals surface area contributed by atoms with Crippen molar-refractivity contribution in [3.05, 3.63) is 16.8 Å². The van der Waals surface area contributed by atoms with Crippen molar-refractivity contribution in [3.63, 3.8) is 0 Å². The number of nitroso groups, excluding NO2 is 1. The van der Waals surface area contributed by atoms with Crippen molar-refractivity contribution in [2.75, 3.05) is 13.7 Å². The first-order chi connectivity index (χ1) is 8.19. The fourth-order valence-electron chi connectivity index (χ4n) is 1.71. The summed E-state index contributed by atoms with van der Waals surface area (Å²) in [5.74, 6) is 0.608. The molecule has 0 amide bonds. The second-order valence-electron chi connectivity index (χ2n) is 4.57. The van der Waals surface area contributed by atoms with Crippen molar-refractivity contribution >= 4 is 5.69 Å². The van der Waals surface area contributed by atoms with Crippen LogP contribution in [-0.4, -0.2) is 23.5 Å². The maximum atomic E-state index is 10.7. The van der Waals surface area contributed by atoms with Crippen LogP contribution in [0.4, 0.5) is 5.69 Å². The molecule has 17 heavy (non-hydrogen) atoms. The maximum Gasteiger partial charge on any atom is 0.149 e. The third kappa shape index (κ3) is 4.26. The van der Waals surface area contributed by atoms with Crippen LogP contribution in [0.2, 0.25) is 0 Å². The summed E-state index contributed by atoms with van der Waals surface area (Å²) in [5, 5.41) is 7.24. The molecule has 1 heterocycles. The lowest BCUT2D eigenvalue weighted by molar-refractivity contribution is 0.188. The number of aromatic nitrogens is 2. The van der Waals surface area contributed by atoms with E-state index in [0.29, 0.717) is 18.2 Å². The first-order valence-electron chi connectivity index (χ1n) is 6.06. The Morgan fingerprint density at radius 1 is 1.53 bits per heavy atom. The summed E-state index contributed by atoms with van der Waals surface area (Å²) in [6, 6.07) is 0. The van der Waals surface area contributed by atoms with Gasteiger partial charge in [-0.15, -0.1) is 4.91 Å². The molecule has 96 valence electrons. The molecule has 0 spiro atoms. The normalized spacial score (nSPS) is 11.1. The standard InChI is InChI=1S/C12H21N3O2/c1-10(2)5-6-12-11(14-16)9-13-15(12)7-4-8-17-3/h9-10H,4-8H2,1-3H3. The van der Waals surface area contributed by atoms with E-state index >= 15 is 0 Å². The van der Waals surface area contributed by atoms with E-state index in [4.69, 9.17) is 4.74 Å². The smallest absolute Gasteiger partial charge is 0.149 e. The summed E-state index contributed by atoms with van der Waals surface area (Å²) in [7, 11) is 1.68. The zero-order valence-corrected chi connectivity index (χ0v) is 10.8. The highest BCUT2D eigenvalue weighted by Gasteiger charge is 2.11. The number of hydrogen-bond donors (Lipinski definition) is 0. The highest BCUT2D eigenvalue weighted by Crippen LogP contribution is 2.21. The first kappa shape index (κ1) is 13.8. The Bertz CT molecular complexity index is 348. The number of methoxy groups -OCH3 is 1. The average molecular weight is 239 g/mol. The van der Waals surface area contributed by atoms with Gasteiger partial charge in [-0.1, -0.05) is 13.8 Å². The van der Waals surface area contributed by atoms with Crippen molar-refractivity contribution in [2.45, 2.75) is 39.7 Å². The Balaban J connectivity index is 2.67. The van der Waals surface area contributed by atoms with Gasteiger partial charge in [-0.25, -0.2) is 0 Å². The molecule has 0 aliphatic carbocycles. The number of hydrogen-bond acceptors (Lipinski definition) is 4. The zero-order chi connectivity index (χ0) is 12.7. The van der Waals surface area contributed by atoms with Crippen LogP contribution < -0.4 is 0 Å². The summed E-state index contributed by atoms with van der Waals surface area (Å²) in [6.45, 7) is 5.81. The monoisotopic (exact) mass is 239 g/mol. The molecule has 0 fully saturated rings. The summed E-state index contributed by atoms with van der Waals surface area (Å²) in [5.41, 5.74) is 1.42. The molecule has 0 saturated carbocycles. The second-order valence-corrected chi connectivity index (χ2v) is 4.57. The lowest BCUT2D eigenvalue weighted by atomic mass is 10.1. The van der Waals surface area contributed by atoms with Crippen LogP contribution in [0.15, 0.2) is 11.4 Å². The lowest BCUT2D eigenvalue weighted by Gasteiger charge is -2.09. The Morgan fingerprint density at radius 2 is 2.29 bits per heavy atom. The van der Waals surface area contributed by atoms with E-state index in [-0.39, 0.29) is 0 Å². The van der Waals surface area contributed by atoms with Gasteiger partial charge in [0, 0.05) is 20.3 Å². The SMILES string of the molecule is COCCCn1ncc(N=O)c1CCC(C)C. The van der Waals surface area contributed by atoms with Crippen molar-refractivity contribution in [1.82, 2.24) is 9.78 Å². The van der Waals surface area contributed by atoms with E-state index in [1.165, 1.54) is 0 Å². The van der Waals surface area contributed by atoms with E-state index in [9.17, 15) is 4.91 Å². The molecular formula is C12H21N3O2. The van der Waals surface area contributed by atoms with Gasteiger partial charge in [0.2, 0.25) is 0 Å². The third-order valence-electron chi connectivity index (χ3n) is 2.70. The van der Waals surface area contributed by atoms with Crippen molar-refractivity contribution in [1.29, 1.82) is 0 Å². The summed E-state index contributed by atoms with van der Waals surface area (Å²) < 4.78 is 6.88. The molecule has 0 bridgehead atoms. The third-order valence-corrected chi connectivity index (χ3v) is 2.70. The number of rotatable bonds is 8. The molecule has 0 atom stereocenters. The Morgan fingerprint density at radius 3 is 2.88 bits per heavy atom. The van der Waals surface area contributed by atoms with E-state index in [2.05, 4.69) is 24.1 Å². The van der Waals surface area contributed by atoms with Gasteiger partial charge in [-0.3, -0.25) is 4.68 Å². The van der Waals surface area contributed by atoms with E-state index < -0.39 is 0 Å². The fourth-order valence-corrected chi connectivity index (χ4v) is 1.71. The molecular weight excluding hydrogens is 218 g/mol. The minimum atomic E-state index is 0.475. The van der Waals surface area contributed by atoms with Crippen LogP contribution in [0.25, 0.3) is 0 Å². The van der Waals surface area contributed by atoms with Gasteiger partial charge in [0.1, 0.15) is 5.69 Å². The lowest BCUT2D eigenvalue weighted by Crippen LogP contribution is -2.08. The number of aryl methyl sites for hydroxylation is 1. The van der Waals surface area contributed by atoms with Gasteiger partial charge in [0.05, 0.1) is 11.9 Å². The number of ether oxygens (including phenoxy) is 1. The van der Waals surface area contributed by atoms with E-state index in [0.717, 1.165) is 31.5 Å². The average Bonchev–Trinajstić information content (AvgIpc) is 2.69. The van der Waals surface area contributed by atoms with Gasteiger partial charge in [-0.2, -0.15) is 5.10 Å². The van der Waals surface area contributed by atoms with E-state index in [1.54, 1.807) is 13.3 Å². The highest BCUT2D eigenvalue weighted by molar-refractivity contribution is 5.39. The summed E-state index contributed by atoms with van der Waals surface area (Å²) in [6.07, 6.45) is 4.34. The van der Waals surface area contributed by atoms with E-state index in [1.807, 2.05) is 4.68 Å². The molecule has 1 aromatic rings. The van der Waals surface area contributed by atoms with Gasteiger partial charge >= 0.3 is 0 Å². The second kappa shape index (κ2) is 7.17.